The molecule has 0 aliphatic carbocycles. The monoisotopic (exact) mass is 452 g/mol. The maximum absolute atomic E-state index is 12.4. The standard InChI is InChI=1S/C21H24N8O2S/c1-13-10-17(32-28-13)27-20-18(19(22)30)23-11-16(26-20)29-9-5-8-15(12-29)25-21(31)24-14-6-3-2-4-7-14/h2-4,6-7,10-11,15H,5,8-9,12H2,1H3,(H2,22,30)(H,26,27)(H2,24,25,31)/t15-/m1/s1. The van der Waals surface area contributed by atoms with Crippen LogP contribution in [0.25, 0.3) is 0 Å². The van der Waals surface area contributed by atoms with E-state index < -0.39 is 5.91 Å². The molecule has 4 rings (SSSR count). The van der Waals surface area contributed by atoms with Gasteiger partial charge in [-0.15, -0.1) is 0 Å². The fraction of sp³-hybridized carbons (Fsp3) is 0.286. The maximum Gasteiger partial charge on any atom is 0.319 e. The van der Waals surface area contributed by atoms with Crippen LogP contribution in [0, 0.1) is 6.92 Å². The van der Waals surface area contributed by atoms with Crippen molar-refractivity contribution < 1.29 is 9.59 Å². The van der Waals surface area contributed by atoms with Crippen LogP contribution in [0.4, 0.5) is 27.1 Å². The Balaban J connectivity index is 1.45. The van der Waals surface area contributed by atoms with Gasteiger partial charge in [0.05, 0.1) is 11.9 Å². The zero-order valence-corrected chi connectivity index (χ0v) is 18.4. The van der Waals surface area contributed by atoms with E-state index >= 15 is 0 Å². The van der Waals surface area contributed by atoms with E-state index in [1.165, 1.54) is 17.7 Å². The van der Waals surface area contributed by atoms with Gasteiger partial charge in [0.25, 0.3) is 5.91 Å². The zero-order chi connectivity index (χ0) is 22.5. The lowest BCUT2D eigenvalue weighted by Crippen LogP contribution is -2.49. The van der Waals surface area contributed by atoms with E-state index in [4.69, 9.17) is 5.73 Å². The average molecular weight is 453 g/mol. The SMILES string of the molecule is Cc1cc(Nc2nc(N3CCC[C@@H](NC(=O)Nc4ccccc4)C3)cnc2C(N)=O)sn1. The molecule has 2 aromatic heterocycles. The molecule has 0 radical (unpaired) electrons. The number of urea groups is 1. The number of nitrogens with two attached hydrogens (primary N) is 1. The van der Waals surface area contributed by atoms with Crippen LogP contribution in [-0.2, 0) is 0 Å². The summed E-state index contributed by atoms with van der Waals surface area (Å²) in [4.78, 5) is 35.1. The van der Waals surface area contributed by atoms with E-state index in [1.807, 2.05) is 48.2 Å². The summed E-state index contributed by atoms with van der Waals surface area (Å²) < 4.78 is 4.23. The Morgan fingerprint density at radius 1 is 1.25 bits per heavy atom. The van der Waals surface area contributed by atoms with Crippen molar-refractivity contribution in [1.29, 1.82) is 0 Å². The largest absolute Gasteiger partial charge is 0.364 e. The van der Waals surface area contributed by atoms with Crippen LogP contribution >= 0.6 is 11.5 Å². The number of rotatable bonds is 6. The number of nitrogens with one attached hydrogen (secondary N) is 3. The number of para-hydroxylation sites is 1. The first kappa shape index (κ1) is 21.5. The summed E-state index contributed by atoms with van der Waals surface area (Å²) in [6.07, 6.45) is 3.28. The molecule has 3 aromatic rings. The Morgan fingerprint density at radius 2 is 2.06 bits per heavy atom. The first-order valence-corrected chi connectivity index (χ1v) is 11.0. The van der Waals surface area contributed by atoms with Crippen LogP contribution in [-0.4, -0.2) is 45.4 Å². The van der Waals surface area contributed by atoms with Crippen LogP contribution in [0.3, 0.4) is 0 Å². The third-order valence-electron chi connectivity index (χ3n) is 4.97. The van der Waals surface area contributed by atoms with Gasteiger partial charge in [-0.1, -0.05) is 18.2 Å². The molecule has 166 valence electrons. The van der Waals surface area contributed by atoms with Gasteiger partial charge in [-0.25, -0.2) is 14.8 Å². The van der Waals surface area contributed by atoms with E-state index in [0.29, 0.717) is 12.4 Å². The topological polar surface area (TPSA) is 138 Å². The highest BCUT2D eigenvalue weighted by Crippen LogP contribution is 2.25. The summed E-state index contributed by atoms with van der Waals surface area (Å²) in [5.74, 6) is 0.229. The lowest BCUT2D eigenvalue weighted by molar-refractivity contribution is 0.0996. The maximum atomic E-state index is 12.4. The number of benzene rings is 1. The van der Waals surface area contributed by atoms with E-state index in [-0.39, 0.29) is 23.6 Å². The van der Waals surface area contributed by atoms with Crippen LogP contribution < -0.4 is 26.6 Å². The molecular weight excluding hydrogens is 428 g/mol. The van der Waals surface area contributed by atoms with Crippen molar-refractivity contribution in [1.82, 2.24) is 19.7 Å². The minimum Gasteiger partial charge on any atom is -0.364 e. The normalized spacial score (nSPS) is 15.8. The molecular formula is C21H24N8O2S. The number of piperidine rings is 1. The lowest BCUT2D eigenvalue weighted by Gasteiger charge is -2.34. The number of hydrogen-bond donors (Lipinski definition) is 4. The molecule has 10 nitrogen and oxygen atoms in total. The molecule has 5 N–H and O–H groups in total. The summed E-state index contributed by atoms with van der Waals surface area (Å²) >= 11 is 1.27. The first-order chi connectivity index (χ1) is 15.5. The van der Waals surface area contributed by atoms with Crippen LogP contribution in [0.5, 0.6) is 0 Å². The average Bonchev–Trinajstić information content (AvgIpc) is 3.19. The van der Waals surface area contributed by atoms with Crippen LogP contribution in [0.1, 0.15) is 29.0 Å². The predicted molar refractivity (Wildman–Crippen MR) is 125 cm³/mol. The number of carbonyl (C=O) groups excluding carboxylic acids is 2. The molecule has 1 aliphatic rings. The Hall–Kier alpha value is -3.73. The number of nitrogens with zero attached hydrogens (tertiary/aromatic N) is 4. The van der Waals surface area contributed by atoms with Crippen LogP contribution in [0.15, 0.2) is 42.6 Å². The second kappa shape index (κ2) is 9.60. The molecule has 1 atom stereocenters. The molecule has 3 heterocycles. The molecule has 3 amide bonds. The smallest absolute Gasteiger partial charge is 0.319 e. The summed E-state index contributed by atoms with van der Waals surface area (Å²) in [6.45, 7) is 3.22. The van der Waals surface area contributed by atoms with Crippen molar-refractivity contribution in [2.75, 3.05) is 28.6 Å². The molecule has 0 bridgehead atoms. The number of amides is 3. The van der Waals surface area contributed by atoms with Gasteiger partial charge in [-0.3, -0.25) is 4.79 Å². The van der Waals surface area contributed by atoms with E-state index in [2.05, 4.69) is 30.3 Å². The molecule has 32 heavy (non-hydrogen) atoms. The molecule has 0 saturated carbocycles. The minimum atomic E-state index is -0.663. The Bertz CT molecular complexity index is 1100. The van der Waals surface area contributed by atoms with E-state index in [0.717, 1.165) is 35.8 Å². The third-order valence-corrected chi connectivity index (χ3v) is 5.77. The highest BCUT2D eigenvalue weighted by Gasteiger charge is 2.24. The molecule has 11 heteroatoms. The van der Waals surface area contributed by atoms with Gasteiger partial charge in [0.2, 0.25) is 0 Å². The third kappa shape index (κ3) is 5.30. The second-order valence-corrected chi connectivity index (χ2v) is 8.30. The second-order valence-electron chi connectivity index (χ2n) is 7.50. The highest BCUT2D eigenvalue weighted by atomic mass is 32.1. The highest BCUT2D eigenvalue weighted by molar-refractivity contribution is 7.10. The molecule has 1 saturated heterocycles. The van der Waals surface area contributed by atoms with Crippen molar-refractivity contribution in [2.45, 2.75) is 25.8 Å². The minimum absolute atomic E-state index is 0.0503. The summed E-state index contributed by atoms with van der Waals surface area (Å²) in [5, 5.41) is 9.70. The van der Waals surface area contributed by atoms with Gasteiger partial charge in [0.1, 0.15) is 10.8 Å². The Kier molecular flexibility index (Phi) is 6.45. The zero-order valence-electron chi connectivity index (χ0n) is 17.5. The molecule has 0 spiro atoms. The lowest BCUT2D eigenvalue weighted by atomic mass is 10.1. The van der Waals surface area contributed by atoms with Gasteiger partial charge in [-0.05, 0) is 49.5 Å². The Morgan fingerprint density at radius 3 is 2.78 bits per heavy atom. The van der Waals surface area contributed by atoms with Gasteiger partial charge in [0, 0.05) is 24.8 Å². The van der Waals surface area contributed by atoms with Crippen molar-refractivity contribution in [3.8, 4) is 0 Å². The first-order valence-electron chi connectivity index (χ1n) is 10.2. The van der Waals surface area contributed by atoms with E-state index in [1.54, 1.807) is 0 Å². The fourth-order valence-corrected chi connectivity index (χ4v) is 4.18. The number of carbonyl (C=O) groups is 2. The van der Waals surface area contributed by atoms with Crippen molar-refractivity contribution in [3.63, 3.8) is 0 Å². The number of aryl methyl sites for hydroxylation is 1. The van der Waals surface area contributed by atoms with Crippen molar-refractivity contribution >= 4 is 45.8 Å². The van der Waals surface area contributed by atoms with Gasteiger partial charge >= 0.3 is 6.03 Å². The van der Waals surface area contributed by atoms with Gasteiger partial charge in [-0.2, -0.15) is 4.37 Å². The van der Waals surface area contributed by atoms with Gasteiger partial charge < -0.3 is 26.6 Å². The molecule has 1 aromatic carbocycles. The number of hydrogen-bond acceptors (Lipinski definition) is 8. The number of anilines is 4. The Labute approximate surface area is 189 Å². The summed E-state index contributed by atoms with van der Waals surface area (Å²) in [5.41, 5.74) is 7.14. The molecule has 0 unspecified atom stereocenters. The van der Waals surface area contributed by atoms with Crippen molar-refractivity contribution in [3.05, 3.63) is 54.0 Å². The quantitative estimate of drug-likeness (QED) is 0.451. The number of primary amides is 1. The van der Waals surface area contributed by atoms with E-state index in [9.17, 15) is 9.59 Å². The number of aromatic nitrogens is 3. The predicted octanol–water partition coefficient (Wildman–Crippen LogP) is 2.87. The summed E-state index contributed by atoms with van der Waals surface area (Å²) in [6, 6.07) is 10.9. The summed E-state index contributed by atoms with van der Waals surface area (Å²) in [7, 11) is 0. The molecule has 1 aliphatic heterocycles. The van der Waals surface area contributed by atoms with Crippen LogP contribution in [0.2, 0.25) is 0 Å². The van der Waals surface area contributed by atoms with Crippen molar-refractivity contribution in [2.24, 2.45) is 5.73 Å². The molecule has 1 fully saturated rings. The van der Waals surface area contributed by atoms with Gasteiger partial charge in [0.15, 0.2) is 11.5 Å². The fourth-order valence-electron chi connectivity index (χ4n) is 3.52.